The number of hydrogen-bond acceptors (Lipinski definition) is 3. The summed E-state index contributed by atoms with van der Waals surface area (Å²) in [7, 11) is -1.92. The molecule has 29 heavy (non-hydrogen) atoms. The molecule has 0 fully saturated rings. The maximum absolute atomic E-state index is 13.5. The van der Waals surface area contributed by atoms with Crippen LogP contribution in [0.25, 0.3) is 0 Å². The van der Waals surface area contributed by atoms with Gasteiger partial charge in [0, 0.05) is 19.4 Å². The fourth-order valence-electron chi connectivity index (χ4n) is 3.59. The zero-order chi connectivity index (χ0) is 21.4. The predicted molar refractivity (Wildman–Crippen MR) is 116 cm³/mol. The van der Waals surface area contributed by atoms with Crippen molar-refractivity contribution in [2.45, 2.75) is 51.0 Å². The summed E-state index contributed by atoms with van der Waals surface area (Å²) in [4.78, 5) is 4.73. The minimum atomic E-state index is -3.78. The van der Waals surface area contributed by atoms with Gasteiger partial charge >= 0.3 is 0 Å². The van der Waals surface area contributed by atoms with Crippen molar-refractivity contribution in [2.24, 2.45) is 7.05 Å². The Morgan fingerprint density at radius 2 is 1.62 bits per heavy atom. The van der Waals surface area contributed by atoms with Crippen LogP contribution in [0.2, 0.25) is 0 Å². The summed E-state index contributed by atoms with van der Waals surface area (Å²) in [6.07, 6.45) is 3.49. The second-order valence-electron chi connectivity index (χ2n) is 8.55. The molecule has 6 heteroatoms. The molecule has 3 aromatic rings. The average Bonchev–Trinajstić information content (AvgIpc) is 3.04. The third kappa shape index (κ3) is 4.43. The predicted octanol–water partition coefficient (Wildman–Crippen LogP) is 4.40. The van der Waals surface area contributed by atoms with Crippen LogP contribution in [-0.4, -0.2) is 18.0 Å². The smallest absolute Gasteiger partial charge is 0.242 e. The highest BCUT2D eigenvalue weighted by molar-refractivity contribution is 7.89. The lowest BCUT2D eigenvalue weighted by Gasteiger charge is -2.24. The summed E-state index contributed by atoms with van der Waals surface area (Å²) in [5.74, 6) is 0.640. The highest BCUT2D eigenvalue weighted by atomic mass is 32.2. The van der Waals surface area contributed by atoms with Crippen molar-refractivity contribution in [3.05, 3.63) is 82.9 Å². The van der Waals surface area contributed by atoms with Gasteiger partial charge in [0.05, 0.1) is 4.90 Å². The van der Waals surface area contributed by atoms with Crippen LogP contribution in [-0.2, 0) is 22.5 Å². The lowest BCUT2D eigenvalue weighted by Crippen LogP contribution is -2.32. The molecule has 0 saturated carbocycles. The highest BCUT2D eigenvalue weighted by Crippen LogP contribution is 2.31. The quantitative estimate of drug-likeness (QED) is 0.677. The van der Waals surface area contributed by atoms with Gasteiger partial charge < -0.3 is 4.57 Å². The fourth-order valence-corrected chi connectivity index (χ4v) is 5.23. The molecule has 0 unspecified atom stereocenters. The number of nitrogens with one attached hydrogen (secondary N) is 1. The van der Waals surface area contributed by atoms with Crippen LogP contribution in [0.3, 0.4) is 0 Å². The summed E-state index contributed by atoms with van der Waals surface area (Å²) in [5.41, 5.74) is 3.40. The Morgan fingerprint density at radius 1 is 1.03 bits per heavy atom. The molecule has 1 atom stereocenters. The first-order valence-corrected chi connectivity index (χ1v) is 11.2. The molecule has 3 rings (SSSR count). The molecule has 0 aliphatic carbocycles. The molecule has 1 aromatic heterocycles. The van der Waals surface area contributed by atoms with E-state index < -0.39 is 16.1 Å². The van der Waals surface area contributed by atoms with Gasteiger partial charge in [-0.15, -0.1) is 0 Å². The van der Waals surface area contributed by atoms with Crippen LogP contribution >= 0.6 is 0 Å². The van der Waals surface area contributed by atoms with Gasteiger partial charge in [-0.3, -0.25) is 0 Å². The van der Waals surface area contributed by atoms with Gasteiger partial charge in [-0.2, -0.15) is 4.72 Å². The average molecular weight is 412 g/mol. The van der Waals surface area contributed by atoms with Gasteiger partial charge in [-0.05, 0) is 41.5 Å². The molecule has 1 N–H and O–H groups in total. The van der Waals surface area contributed by atoms with E-state index in [1.54, 1.807) is 6.20 Å². The Bertz CT molecular complexity index is 1090. The van der Waals surface area contributed by atoms with Crippen LogP contribution < -0.4 is 4.72 Å². The van der Waals surface area contributed by atoms with Gasteiger partial charge in [-0.1, -0.05) is 63.2 Å². The zero-order valence-corrected chi connectivity index (χ0v) is 18.7. The molecule has 5 nitrogen and oxygen atoms in total. The maximum atomic E-state index is 13.5. The van der Waals surface area contributed by atoms with Gasteiger partial charge in [0.1, 0.15) is 11.9 Å². The monoisotopic (exact) mass is 411 g/mol. The number of aromatic nitrogens is 2. The second-order valence-corrected chi connectivity index (χ2v) is 10.2. The van der Waals surface area contributed by atoms with Gasteiger partial charge in [0.2, 0.25) is 10.0 Å². The number of benzene rings is 2. The summed E-state index contributed by atoms with van der Waals surface area (Å²) >= 11 is 0. The zero-order valence-electron chi connectivity index (χ0n) is 17.9. The van der Waals surface area contributed by atoms with E-state index in [-0.39, 0.29) is 5.41 Å². The molecule has 0 spiro atoms. The van der Waals surface area contributed by atoms with E-state index in [9.17, 15) is 8.42 Å². The van der Waals surface area contributed by atoms with Crippen molar-refractivity contribution in [3.8, 4) is 0 Å². The molecule has 1 heterocycles. The Balaban J connectivity index is 2.08. The lowest BCUT2D eigenvalue weighted by molar-refractivity contribution is 0.560. The van der Waals surface area contributed by atoms with E-state index in [4.69, 9.17) is 0 Å². The number of aryl methyl sites for hydroxylation is 3. The fraction of sp³-hybridized carbons (Fsp3) is 0.348. The van der Waals surface area contributed by atoms with Crippen molar-refractivity contribution in [1.82, 2.24) is 14.3 Å². The lowest BCUT2D eigenvalue weighted by atomic mass is 9.85. The third-order valence-electron chi connectivity index (χ3n) is 5.12. The van der Waals surface area contributed by atoms with Crippen molar-refractivity contribution in [3.63, 3.8) is 0 Å². The molecule has 0 radical (unpaired) electrons. The third-order valence-corrected chi connectivity index (χ3v) is 6.85. The van der Waals surface area contributed by atoms with Crippen molar-refractivity contribution in [2.75, 3.05) is 0 Å². The maximum Gasteiger partial charge on any atom is 0.242 e. The first kappa shape index (κ1) is 21.3. The van der Waals surface area contributed by atoms with Crippen LogP contribution in [0.4, 0.5) is 0 Å². The molecular weight excluding hydrogens is 382 g/mol. The van der Waals surface area contributed by atoms with E-state index in [0.29, 0.717) is 10.7 Å². The number of nitrogens with zero attached hydrogens (tertiary/aromatic N) is 2. The molecule has 0 amide bonds. The van der Waals surface area contributed by atoms with Crippen molar-refractivity contribution in [1.29, 1.82) is 0 Å². The molecular formula is C23H29N3O2S. The summed E-state index contributed by atoms with van der Waals surface area (Å²) < 4.78 is 31.7. The Labute approximate surface area is 173 Å². The van der Waals surface area contributed by atoms with Gasteiger partial charge in [-0.25, -0.2) is 13.4 Å². The van der Waals surface area contributed by atoms with Gasteiger partial charge in [0.25, 0.3) is 0 Å². The van der Waals surface area contributed by atoms with E-state index in [1.165, 1.54) is 0 Å². The Kier molecular flexibility index (Phi) is 5.70. The summed E-state index contributed by atoms with van der Waals surface area (Å²) in [6, 6.07) is 12.9. The minimum Gasteiger partial charge on any atom is -0.336 e. The summed E-state index contributed by atoms with van der Waals surface area (Å²) in [6.45, 7) is 10.1. The normalized spacial score (nSPS) is 13.4. The van der Waals surface area contributed by atoms with E-state index in [0.717, 1.165) is 22.3 Å². The standard InChI is InChI=1S/C23H29N3O2S/c1-16-14-19(23(3,4)5)15-17(2)21(16)29(27,28)25-20(18-10-8-7-9-11-18)22-24-12-13-26(22)6/h7-15,20,25H,1-6H3/t20-/m0/s1. The number of imidazole rings is 1. The summed E-state index contributed by atoms with van der Waals surface area (Å²) in [5, 5.41) is 0. The van der Waals surface area contributed by atoms with Crippen LogP contribution in [0.15, 0.2) is 59.8 Å². The molecule has 154 valence electrons. The Morgan fingerprint density at radius 3 is 2.10 bits per heavy atom. The van der Waals surface area contributed by atoms with E-state index >= 15 is 0 Å². The largest absolute Gasteiger partial charge is 0.336 e. The molecule has 0 aliphatic rings. The Hall–Kier alpha value is -2.44. The molecule has 2 aromatic carbocycles. The molecule has 0 bridgehead atoms. The SMILES string of the molecule is Cc1cc(C(C)(C)C)cc(C)c1S(=O)(=O)N[C@@H](c1ccccc1)c1nccn1C. The van der Waals surface area contributed by atoms with Crippen LogP contribution in [0.1, 0.15) is 54.9 Å². The topological polar surface area (TPSA) is 64.0 Å². The number of sulfonamides is 1. The number of rotatable bonds is 5. The molecule has 0 saturated heterocycles. The first-order valence-electron chi connectivity index (χ1n) is 9.67. The van der Waals surface area contributed by atoms with Gasteiger partial charge in [0.15, 0.2) is 0 Å². The minimum absolute atomic E-state index is 0.0508. The van der Waals surface area contributed by atoms with Crippen LogP contribution in [0, 0.1) is 13.8 Å². The van der Waals surface area contributed by atoms with E-state index in [1.807, 2.05) is 74.1 Å². The van der Waals surface area contributed by atoms with Crippen molar-refractivity contribution < 1.29 is 8.42 Å². The molecule has 0 aliphatic heterocycles. The second kappa shape index (κ2) is 7.76. The highest BCUT2D eigenvalue weighted by Gasteiger charge is 2.29. The van der Waals surface area contributed by atoms with E-state index in [2.05, 4.69) is 30.5 Å². The van der Waals surface area contributed by atoms with Crippen LogP contribution in [0.5, 0.6) is 0 Å². The number of hydrogen-bond donors (Lipinski definition) is 1. The van der Waals surface area contributed by atoms with Crippen molar-refractivity contribution >= 4 is 10.0 Å². The first-order chi connectivity index (χ1) is 13.5.